The Morgan fingerprint density at radius 2 is 2.28 bits per heavy atom. The summed E-state index contributed by atoms with van der Waals surface area (Å²) >= 11 is 3.59. The zero-order valence-corrected chi connectivity index (χ0v) is 12.5. The number of hydrogen-bond acceptors (Lipinski definition) is 1. The van der Waals surface area contributed by atoms with Crippen LogP contribution in [0.15, 0.2) is 18.2 Å². The Bertz CT molecular complexity index is 573. The van der Waals surface area contributed by atoms with Gasteiger partial charge in [-0.15, -0.1) is 0 Å². The number of aromatic nitrogens is 1. The second kappa shape index (κ2) is 4.71. The van der Waals surface area contributed by atoms with E-state index in [-0.39, 0.29) is 0 Å². The van der Waals surface area contributed by atoms with Gasteiger partial charge in [0.05, 0.1) is 0 Å². The van der Waals surface area contributed by atoms with Gasteiger partial charge in [0.1, 0.15) is 0 Å². The summed E-state index contributed by atoms with van der Waals surface area (Å²) in [4.78, 5) is 6.10. The molecule has 0 saturated heterocycles. The number of rotatable bonds is 2. The summed E-state index contributed by atoms with van der Waals surface area (Å²) in [6.45, 7) is 3.32. The topological polar surface area (TPSA) is 19.0 Å². The Morgan fingerprint density at radius 3 is 3.06 bits per heavy atom. The van der Waals surface area contributed by atoms with Crippen LogP contribution in [0.25, 0.3) is 10.9 Å². The first-order valence-electron chi connectivity index (χ1n) is 6.58. The maximum Gasteiger partial charge on any atom is 0.0459 e. The van der Waals surface area contributed by atoms with E-state index >= 15 is 0 Å². The van der Waals surface area contributed by atoms with Gasteiger partial charge in [0.15, 0.2) is 0 Å². The lowest BCUT2D eigenvalue weighted by molar-refractivity contribution is 0.227. The molecule has 1 aliphatic rings. The third-order valence-electron chi connectivity index (χ3n) is 4.04. The number of hydrogen-bond donors (Lipinski definition) is 1. The molecule has 1 atom stereocenters. The van der Waals surface area contributed by atoms with Crippen molar-refractivity contribution in [1.82, 2.24) is 9.88 Å². The van der Waals surface area contributed by atoms with Crippen molar-refractivity contribution < 1.29 is 0 Å². The summed E-state index contributed by atoms with van der Waals surface area (Å²) in [5.74, 6) is 0. The largest absolute Gasteiger partial charge is 0.358 e. The van der Waals surface area contributed by atoms with Crippen LogP contribution in [-0.2, 0) is 6.42 Å². The van der Waals surface area contributed by atoms with E-state index in [1.807, 2.05) is 0 Å². The lowest BCUT2D eigenvalue weighted by Crippen LogP contribution is -2.32. The monoisotopic (exact) mass is 306 g/mol. The highest BCUT2D eigenvalue weighted by molar-refractivity contribution is 9.09. The molecular formula is C15H19BrN2. The van der Waals surface area contributed by atoms with Crippen molar-refractivity contribution in [2.75, 3.05) is 18.9 Å². The molecule has 2 aromatic rings. The number of halogens is 1. The smallest absolute Gasteiger partial charge is 0.0459 e. The van der Waals surface area contributed by atoms with E-state index in [9.17, 15) is 0 Å². The van der Waals surface area contributed by atoms with Gasteiger partial charge in [-0.1, -0.05) is 27.6 Å². The summed E-state index contributed by atoms with van der Waals surface area (Å²) in [6, 6.07) is 7.27. The zero-order valence-electron chi connectivity index (χ0n) is 11.0. The first-order chi connectivity index (χ1) is 8.70. The molecule has 0 aliphatic carbocycles. The van der Waals surface area contributed by atoms with Crippen LogP contribution in [0.3, 0.4) is 0 Å². The number of alkyl halides is 1. The maximum atomic E-state index is 3.61. The summed E-state index contributed by atoms with van der Waals surface area (Å²) < 4.78 is 0. The number of aryl methyl sites for hydroxylation is 1. The number of fused-ring (bicyclic) bond motifs is 3. The molecule has 1 aromatic carbocycles. The van der Waals surface area contributed by atoms with Crippen LogP contribution >= 0.6 is 15.9 Å². The van der Waals surface area contributed by atoms with E-state index < -0.39 is 0 Å². The van der Waals surface area contributed by atoms with Crippen molar-refractivity contribution >= 4 is 26.8 Å². The highest BCUT2D eigenvalue weighted by atomic mass is 79.9. The normalized spacial score (nSPS) is 20.3. The van der Waals surface area contributed by atoms with E-state index in [0.717, 1.165) is 18.3 Å². The fourth-order valence-corrected chi connectivity index (χ4v) is 3.53. The summed E-state index contributed by atoms with van der Waals surface area (Å²) in [6.07, 6.45) is 2.31. The molecule has 0 bridgehead atoms. The number of H-pyrrole nitrogens is 1. The van der Waals surface area contributed by atoms with Crippen molar-refractivity contribution in [3.05, 3.63) is 35.0 Å². The number of likely N-dealkylation sites (N-methyl/N-ethyl adjacent to an activating group) is 1. The maximum absolute atomic E-state index is 3.61. The first kappa shape index (κ1) is 12.2. The first-order valence-corrected chi connectivity index (χ1v) is 7.70. The van der Waals surface area contributed by atoms with Crippen molar-refractivity contribution in [3.8, 4) is 0 Å². The Balaban J connectivity index is 2.19. The standard InChI is InChI=1S/C15H19BrN2/c1-10-3-4-12-11(9-10)15-13(17-12)6-8-18(2)14(15)5-7-16/h3-4,9,14,17H,5-8H2,1-2H3. The lowest BCUT2D eigenvalue weighted by atomic mass is 9.94. The SMILES string of the molecule is Cc1ccc2[nH]c3c(c2c1)C(CCBr)N(C)CC3. The van der Waals surface area contributed by atoms with Crippen LogP contribution in [0.1, 0.15) is 29.3 Å². The molecule has 2 nitrogen and oxygen atoms in total. The predicted molar refractivity (Wildman–Crippen MR) is 80.5 cm³/mol. The fraction of sp³-hybridized carbons (Fsp3) is 0.467. The van der Waals surface area contributed by atoms with Gasteiger partial charge in [0, 0.05) is 40.9 Å². The Morgan fingerprint density at radius 1 is 1.44 bits per heavy atom. The molecule has 1 N–H and O–H groups in total. The molecular weight excluding hydrogens is 288 g/mol. The van der Waals surface area contributed by atoms with Crippen LogP contribution in [0.2, 0.25) is 0 Å². The molecule has 0 radical (unpaired) electrons. The highest BCUT2D eigenvalue weighted by Crippen LogP contribution is 2.37. The molecule has 3 heteroatoms. The van der Waals surface area contributed by atoms with Gasteiger partial charge in [-0.3, -0.25) is 4.90 Å². The van der Waals surface area contributed by atoms with Gasteiger partial charge in [-0.05, 0) is 38.1 Å². The molecule has 1 unspecified atom stereocenters. The molecule has 18 heavy (non-hydrogen) atoms. The average molecular weight is 307 g/mol. The van der Waals surface area contributed by atoms with Crippen molar-refractivity contribution in [2.45, 2.75) is 25.8 Å². The van der Waals surface area contributed by atoms with Crippen molar-refractivity contribution in [3.63, 3.8) is 0 Å². The molecule has 1 aliphatic heterocycles. The van der Waals surface area contributed by atoms with Crippen LogP contribution in [0.4, 0.5) is 0 Å². The molecule has 0 amide bonds. The Kier molecular flexibility index (Phi) is 3.20. The second-order valence-electron chi connectivity index (χ2n) is 5.29. The summed E-state index contributed by atoms with van der Waals surface area (Å²) in [5, 5.41) is 2.47. The van der Waals surface area contributed by atoms with E-state index in [2.05, 4.69) is 58.0 Å². The minimum absolute atomic E-state index is 0.545. The fourth-order valence-electron chi connectivity index (χ4n) is 3.09. The molecule has 3 rings (SSSR count). The van der Waals surface area contributed by atoms with Crippen LogP contribution < -0.4 is 0 Å². The van der Waals surface area contributed by atoms with E-state index in [1.54, 1.807) is 0 Å². The molecule has 1 aromatic heterocycles. The average Bonchev–Trinajstić information content (AvgIpc) is 2.71. The Hall–Kier alpha value is -0.800. The third-order valence-corrected chi connectivity index (χ3v) is 4.50. The van der Waals surface area contributed by atoms with Gasteiger partial charge in [-0.2, -0.15) is 0 Å². The number of aromatic amines is 1. The minimum Gasteiger partial charge on any atom is -0.358 e. The van der Waals surface area contributed by atoms with E-state index in [4.69, 9.17) is 0 Å². The number of nitrogens with zero attached hydrogens (tertiary/aromatic N) is 1. The third kappa shape index (κ3) is 1.90. The van der Waals surface area contributed by atoms with Crippen LogP contribution in [0.5, 0.6) is 0 Å². The molecule has 0 spiro atoms. The van der Waals surface area contributed by atoms with Crippen molar-refractivity contribution in [2.24, 2.45) is 0 Å². The lowest BCUT2D eigenvalue weighted by Gasteiger charge is -2.32. The highest BCUT2D eigenvalue weighted by Gasteiger charge is 2.27. The van der Waals surface area contributed by atoms with Crippen LogP contribution in [-0.4, -0.2) is 28.8 Å². The minimum atomic E-state index is 0.545. The quantitative estimate of drug-likeness (QED) is 0.836. The predicted octanol–water partition coefficient (Wildman–Crippen LogP) is 3.79. The number of benzene rings is 1. The van der Waals surface area contributed by atoms with Crippen LogP contribution in [0, 0.1) is 6.92 Å². The van der Waals surface area contributed by atoms with Gasteiger partial charge >= 0.3 is 0 Å². The molecule has 2 heterocycles. The molecule has 96 valence electrons. The number of nitrogens with one attached hydrogen (secondary N) is 1. The van der Waals surface area contributed by atoms with Gasteiger partial charge < -0.3 is 4.98 Å². The molecule has 0 fully saturated rings. The zero-order chi connectivity index (χ0) is 12.7. The van der Waals surface area contributed by atoms with Gasteiger partial charge in [0.2, 0.25) is 0 Å². The van der Waals surface area contributed by atoms with E-state index in [1.165, 1.54) is 34.1 Å². The Labute approximate surface area is 116 Å². The van der Waals surface area contributed by atoms with Gasteiger partial charge in [0.25, 0.3) is 0 Å². The second-order valence-corrected chi connectivity index (χ2v) is 6.08. The van der Waals surface area contributed by atoms with E-state index in [0.29, 0.717) is 6.04 Å². The van der Waals surface area contributed by atoms with Crippen molar-refractivity contribution in [1.29, 1.82) is 0 Å². The molecule has 0 saturated carbocycles. The summed E-state index contributed by atoms with van der Waals surface area (Å²) in [7, 11) is 2.24. The summed E-state index contributed by atoms with van der Waals surface area (Å²) in [5.41, 5.74) is 5.61. The van der Waals surface area contributed by atoms with Gasteiger partial charge in [-0.25, -0.2) is 0 Å².